The molecule has 0 spiro atoms. The van der Waals surface area contributed by atoms with Gasteiger partial charge in [0.25, 0.3) is 0 Å². The van der Waals surface area contributed by atoms with Crippen molar-refractivity contribution in [1.82, 2.24) is 5.32 Å². The van der Waals surface area contributed by atoms with Crippen LogP contribution in [0.2, 0.25) is 0 Å². The maximum Gasteiger partial charge on any atom is 0.348 e. The second kappa shape index (κ2) is 3.53. The molecule has 0 saturated heterocycles. The number of rotatable bonds is 1. The molecule has 8 heavy (non-hydrogen) atoms. The maximum absolute atomic E-state index is 5.17. The third-order valence-corrected chi connectivity index (χ3v) is 0.922. The normalized spacial score (nSPS) is 10.9. The highest BCUT2D eigenvalue weighted by atomic mass is 27.1. The third-order valence-electron chi connectivity index (χ3n) is 0.535. The van der Waals surface area contributed by atoms with Gasteiger partial charge < -0.3 is 15.0 Å². The molecule has 0 aliphatic carbocycles. The molecular weight excluding hydrogens is 117 g/mol. The molecule has 0 fully saturated rings. The lowest BCUT2D eigenvalue weighted by Crippen LogP contribution is -2.23. The molecule has 0 unspecified atom stereocenters. The Morgan fingerprint density at radius 3 is 2.50 bits per heavy atom. The lowest BCUT2D eigenvalue weighted by atomic mass is 10.6. The standard InChI is InChI=1S/C4H8N3.Al/c1-3(5)7-4(2)6;/h1,5H2,2H3,(H-,6,7);/q-1;+1. The molecule has 3 N–H and O–H groups in total. The van der Waals surface area contributed by atoms with Gasteiger partial charge in [-0.05, 0) is 6.92 Å². The summed E-state index contributed by atoms with van der Waals surface area (Å²) < 4.78 is 3.71. The summed E-state index contributed by atoms with van der Waals surface area (Å²) >= 11 is 2.21. The van der Waals surface area contributed by atoms with Crippen LogP contribution in [0.4, 0.5) is 0 Å². The van der Waals surface area contributed by atoms with Crippen LogP contribution in [0.1, 0.15) is 6.92 Å². The quantitative estimate of drug-likeness (QED) is 0.282. The van der Waals surface area contributed by atoms with Gasteiger partial charge in [0.15, 0.2) is 0 Å². The minimum Gasteiger partial charge on any atom is -0.417 e. The van der Waals surface area contributed by atoms with Gasteiger partial charge in [-0.15, -0.1) is 0 Å². The first-order chi connectivity index (χ1) is 3.66. The van der Waals surface area contributed by atoms with Crippen molar-refractivity contribution in [3.05, 3.63) is 12.4 Å². The first-order valence-electron chi connectivity index (χ1n) is 2.12. The Morgan fingerprint density at radius 2 is 2.38 bits per heavy atom. The van der Waals surface area contributed by atoms with E-state index in [2.05, 4.69) is 32.4 Å². The van der Waals surface area contributed by atoms with Gasteiger partial charge in [0, 0.05) is 0 Å². The van der Waals surface area contributed by atoms with Crippen molar-refractivity contribution in [2.24, 2.45) is 9.71 Å². The fourth-order valence-corrected chi connectivity index (χ4v) is 0.329. The average molecular weight is 125 g/mol. The number of hydrogen-bond acceptors (Lipinski definition) is 2. The summed E-state index contributed by atoms with van der Waals surface area (Å²) in [6.07, 6.45) is 0. The molecule has 0 amide bonds. The third kappa shape index (κ3) is 3.72. The zero-order valence-corrected chi connectivity index (χ0v) is 5.96. The fraction of sp³-hybridized carbons (Fsp3) is 0.250. The molecule has 0 rings (SSSR count). The summed E-state index contributed by atoms with van der Waals surface area (Å²) in [7, 11) is 0. The predicted octanol–water partition coefficient (Wildman–Crippen LogP) is -0.492. The van der Waals surface area contributed by atoms with Gasteiger partial charge in [-0.2, -0.15) is 0 Å². The molecule has 0 aliphatic rings. The highest BCUT2D eigenvalue weighted by Gasteiger charge is 1.82. The van der Waals surface area contributed by atoms with Crippen LogP contribution in [0, 0.1) is 0 Å². The van der Waals surface area contributed by atoms with E-state index in [1.54, 1.807) is 6.92 Å². The van der Waals surface area contributed by atoms with Gasteiger partial charge in [0.1, 0.15) is 0 Å². The Labute approximate surface area is 57.3 Å². The van der Waals surface area contributed by atoms with E-state index in [1.807, 2.05) is 0 Å². The van der Waals surface area contributed by atoms with Crippen LogP contribution in [0.5, 0.6) is 0 Å². The van der Waals surface area contributed by atoms with Crippen LogP contribution < -0.4 is 11.1 Å². The molecule has 0 aromatic rings. The molecule has 0 saturated carbocycles. The minimum atomic E-state index is 0.411. The van der Waals surface area contributed by atoms with Gasteiger partial charge in [0.05, 0.1) is 11.7 Å². The zero-order chi connectivity index (χ0) is 6.57. The Kier molecular flexibility index (Phi) is 3.33. The molecule has 0 heterocycles. The summed E-state index contributed by atoms with van der Waals surface area (Å²) in [6, 6.07) is 0. The minimum absolute atomic E-state index is 0.411. The summed E-state index contributed by atoms with van der Waals surface area (Å²) in [6.45, 7) is 5.22. The van der Waals surface area contributed by atoms with E-state index < -0.39 is 0 Å². The Bertz CT molecular complexity index is 118. The van der Waals surface area contributed by atoms with Crippen LogP contribution in [-0.4, -0.2) is 22.3 Å². The van der Waals surface area contributed by atoms with Crippen molar-refractivity contribution in [2.45, 2.75) is 6.92 Å². The smallest absolute Gasteiger partial charge is 0.348 e. The molecule has 2 radical (unpaired) electrons. The monoisotopic (exact) mass is 125 g/mol. The number of hydrogen-bond donors (Lipinski definition) is 2. The first-order valence-corrected chi connectivity index (χ1v) is 2.64. The lowest BCUT2D eigenvalue weighted by Gasteiger charge is -2.01. The molecule has 0 aliphatic heterocycles. The van der Waals surface area contributed by atoms with Crippen LogP contribution in [0.15, 0.2) is 16.4 Å². The van der Waals surface area contributed by atoms with E-state index in [0.29, 0.717) is 5.82 Å². The number of nitrogens with two attached hydrogens (primary N) is 1. The van der Waals surface area contributed by atoms with Crippen molar-refractivity contribution in [3.8, 4) is 0 Å². The molecule has 4 heteroatoms. The Hall–Kier alpha value is -0.458. The van der Waals surface area contributed by atoms with Gasteiger partial charge in [-0.1, -0.05) is 6.58 Å². The van der Waals surface area contributed by atoms with Crippen molar-refractivity contribution >= 4 is 22.3 Å². The Morgan fingerprint density at radius 1 is 1.88 bits per heavy atom. The number of amidine groups is 1. The number of nitrogens with one attached hydrogen (secondary N) is 1. The van der Waals surface area contributed by atoms with E-state index in [-0.39, 0.29) is 0 Å². The van der Waals surface area contributed by atoms with E-state index in [4.69, 9.17) is 5.73 Å². The largest absolute Gasteiger partial charge is 0.417 e. The summed E-state index contributed by atoms with van der Waals surface area (Å²) in [5, 5.41) is 2.70. The second-order valence-electron chi connectivity index (χ2n) is 1.36. The number of nitrogens with zero attached hydrogens (tertiary/aromatic N) is 1. The van der Waals surface area contributed by atoms with Crippen LogP contribution in [0.25, 0.3) is 0 Å². The predicted molar refractivity (Wildman–Crippen MR) is 35.3 cm³/mol. The topological polar surface area (TPSA) is 50.4 Å². The summed E-state index contributed by atoms with van der Waals surface area (Å²) in [4.78, 5) is 0. The van der Waals surface area contributed by atoms with Crippen molar-refractivity contribution in [2.75, 3.05) is 0 Å². The van der Waals surface area contributed by atoms with Crippen molar-refractivity contribution < 1.29 is 0 Å². The zero-order valence-electron chi connectivity index (χ0n) is 4.81. The molecular formula is C4H8AlN3. The second-order valence-corrected chi connectivity index (χ2v) is 1.62. The molecule has 0 aromatic heterocycles. The molecule has 0 atom stereocenters. The molecule has 3 nitrogen and oxygen atoms in total. The van der Waals surface area contributed by atoms with Gasteiger partial charge in [0.2, 0.25) is 0 Å². The van der Waals surface area contributed by atoms with E-state index >= 15 is 0 Å². The van der Waals surface area contributed by atoms with Crippen LogP contribution in [-0.2, 0) is 0 Å². The van der Waals surface area contributed by atoms with Crippen molar-refractivity contribution in [1.29, 1.82) is 0 Å². The van der Waals surface area contributed by atoms with Gasteiger partial charge >= 0.3 is 16.5 Å². The van der Waals surface area contributed by atoms with E-state index in [9.17, 15) is 0 Å². The first kappa shape index (κ1) is 7.54. The molecule has 0 aromatic carbocycles. The highest BCUT2D eigenvalue weighted by molar-refractivity contribution is 6.12. The van der Waals surface area contributed by atoms with Crippen LogP contribution >= 0.6 is 0 Å². The van der Waals surface area contributed by atoms with Gasteiger partial charge in [-0.25, -0.2) is 0 Å². The Balaban J connectivity index is 3.56. The molecule has 42 valence electrons. The van der Waals surface area contributed by atoms with Gasteiger partial charge in [-0.3, -0.25) is 0 Å². The van der Waals surface area contributed by atoms with Crippen LogP contribution in [0.3, 0.4) is 0 Å². The molecule has 0 bridgehead atoms. The highest BCUT2D eigenvalue weighted by Crippen LogP contribution is 1.69. The van der Waals surface area contributed by atoms with E-state index in [1.165, 1.54) is 0 Å². The van der Waals surface area contributed by atoms with E-state index in [0.717, 1.165) is 5.84 Å². The summed E-state index contributed by atoms with van der Waals surface area (Å²) in [5.41, 5.74) is 5.17. The summed E-state index contributed by atoms with van der Waals surface area (Å²) in [5.74, 6) is 1.15. The average Bonchev–Trinajstić information content (AvgIpc) is 1.65. The maximum atomic E-state index is 5.17. The van der Waals surface area contributed by atoms with Crippen molar-refractivity contribution in [3.63, 3.8) is 0 Å². The fourth-order valence-electron chi connectivity index (χ4n) is 0.265. The SMILES string of the molecule is C=C(N)NC(C)=[N][Al]. The lowest BCUT2D eigenvalue weighted by molar-refractivity contribution is 1.09.